The quantitative estimate of drug-likeness (QED) is 0.453. The summed E-state index contributed by atoms with van der Waals surface area (Å²) in [6.45, 7) is 2.97. The molecule has 1 amide bonds. The van der Waals surface area contributed by atoms with Crippen molar-refractivity contribution in [2.75, 3.05) is 39.4 Å². The van der Waals surface area contributed by atoms with E-state index in [2.05, 4.69) is 4.90 Å². The Morgan fingerprint density at radius 3 is 2.51 bits per heavy atom. The van der Waals surface area contributed by atoms with E-state index in [4.69, 9.17) is 21.1 Å². The van der Waals surface area contributed by atoms with Crippen LogP contribution in [0.2, 0.25) is 0 Å². The fraction of sp³-hybridized carbons (Fsp3) is 0.607. The lowest BCUT2D eigenvalue weighted by Crippen LogP contribution is -2.49. The van der Waals surface area contributed by atoms with Crippen LogP contribution in [0.3, 0.4) is 0 Å². The third-order valence-corrected chi connectivity index (χ3v) is 11.7. The van der Waals surface area contributed by atoms with Gasteiger partial charge >= 0.3 is 6.09 Å². The Bertz CT molecular complexity index is 1240. The second kappa shape index (κ2) is 11.7. The minimum Gasteiger partial charge on any atom is -0.490 e. The highest BCUT2D eigenvalue weighted by Gasteiger charge is 2.53. The molecule has 3 heterocycles. The summed E-state index contributed by atoms with van der Waals surface area (Å²) in [6, 6.07) is 2.30. The molecule has 11 heteroatoms. The molecule has 0 saturated carbocycles. The van der Waals surface area contributed by atoms with E-state index in [1.54, 1.807) is 11.0 Å². The Balaban J connectivity index is 1.32. The van der Waals surface area contributed by atoms with Gasteiger partial charge < -0.3 is 19.3 Å². The van der Waals surface area contributed by atoms with Gasteiger partial charge in [-0.05, 0) is 63.4 Å². The predicted octanol–water partition coefficient (Wildman–Crippen LogP) is 5.29. The summed E-state index contributed by atoms with van der Waals surface area (Å²) in [5, 5.41) is -0.573. The summed E-state index contributed by atoms with van der Waals surface area (Å²) in [6.07, 6.45) is 9.28. The highest BCUT2D eigenvalue weighted by molar-refractivity contribution is 7.93. The van der Waals surface area contributed by atoms with Crippen LogP contribution in [0.5, 0.6) is 5.75 Å². The maximum Gasteiger partial charge on any atom is 0.409 e. The number of hydrogen-bond donors (Lipinski definition) is 0. The van der Waals surface area contributed by atoms with E-state index in [0.29, 0.717) is 24.2 Å². The zero-order valence-corrected chi connectivity index (χ0v) is 23.5. The van der Waals surface area contributed by atoms with E-state index in [1.165, 1.54) is 31.4 Å². The van der Waals surface area contributed by atoms with E-state index >= 15 is 4.39 Å². The molecule has 2 unspecified atom stereocenters. The minimum absolute atomic E-state index is 0.0940. The van der Waals surface area contributed by atoms with Gasteiger partial charge in [-0.25, -0.2) is 22.0 Å². The van der Waals surface area contributed by atoms with Gasteiger partial charge in [0.15, 0.2) is 21.4 Å². The Hall–Kier alpha value is -2.17. The number of allylic oxidation sites excluding steroid dienone is 3. The Morgan fingerprint density at radius 2 is 1.82 bits per heavy atom. The van der Waals surface area contributed by atoms with Gasteiger partial charge in [0.2, 0.25) is 0 Å². The van der Waals surface area contributed by atoms with Crippen molar-refractivity contribution in [1.82, 2.24) is 9.80 Å². The molecule has 7 nitrogen and oxygen atoms in total. The number of nitrogens with zero attached hydrogens (tertiary/aromatic N) is 2. The fourth-order valence-corrected chi connectivity index (χ4v) is 8.99. The van der Waals surface area contributed by atoms with Crippen LogP contribution < -0.4 is 4.74 Å². The van der Waals surface area contributed by atoms with Gasteiger partial charge in [-0.15, -0.1) is 0 Å². The molecule has 4 aliphatic rings. The van der Waals surface area contributed by atoms with E-state index in [-0.39, 0.29) is 38.0 Å². The lowest BCUT2D eigenvalue weighted by Gasteiger charge is -2.41. The molecule has 0 N–H and O–H groups in total. The summed E-state index contributed by atoms with van der Waals surface area (Å²) in [4.78, 5) is 17.1. The third-order valence-electron chi connectivity index (χ3n) is 8.59. The molecule has 0 spiro atoms. The number of ether oxygens (including phenoxy) is 2. The van der Waals surface area contributed by atoms with Gasteiger partial charge in [-0.3, -0.25) is 0 Å². The van der Waals surface area contributed by atoms with Gasteiger partial charge in [0.1, 0.15) is 10.6 Å². The second-order valence-corrected chi connectivity index (χ2v) is 13.7. The molecule has 1 aliphatic carbocycles. The van der Waals surface area contributed by atoms with Crippen LogP contribution >= 0.6 is 11.6 Å². The van der Waals surface area contributed by atoms with Crippen molar-refractivity contribution in [1.29, 1.82) is 0 Å². The average molecular weight is 585 g/mol. The van der Waals surface area contributed by atoms with Crippen molar-refractivity contribution in [3.05, 3.63) is 52.6 Å². The van der Waals surface area contributed by atoms with Gasteiger partial charge in [0.05, 0.1) is 24.0 Å². The number of amides is 1. The Kier molecular flexibility index (Phi) is 8.54. The van der Waals surface area contributed by atoms with Crippen molar-refractivity contribution < 1.29 is 31.5 Å². The van der Waals surface area contributed by atoms with Crippen molar-refractivity contribution in [3.8, 4) is 5.75 Å². The number of likely N-dealkylation sites (tertiary alicyclic amines) is 2. The average Bonchev–Trinajstić information content (AvgIpc) is 2.95. The SMILES string of the molecule is O=C(OCCC1(S(=O)(=O)C2C=CC(Cl)=CC2)CCOc2c(F)ccc(F)c21)N1CCC(N2CCCCC2)CC1. The highest BCUT2D eigenvalue weighted by Crippen LogP contribution is 2.50. The number of benzene rings is 1. The number of fused-ring (bicyclic) bond motifs is 1. The molecule has 2 fully saturated rings. The second-order valence-electron chi connectivity index (χ2n) is 10.8. The van der Waals surface area contributed by atoms with Crippen molar-refractivity contribution in [3.63, 3.8) is 0 Å². The molecule has 1 aromatic rings. The van der Waals surface area contributed by atoms with Crippen molar-refractivity contribution >= 4 is 27.5 Å². The number of rotatable bonds is 6. The topological polar surface area (TPSA) is 76.1 Å². The van der Waals surface area contributed by atoms with E-state index in [0.717, 1.165) is 38.1 Å². The van der Waals surface area contributed by atoms with Crippen molar-refractivity contribution in [2.45, 2.75) is 67.4 Å². The monoisotopic (exact) mass is 584 g/mol. The number of halogens is 3. The Labute approximate surface area is 233 Å². The summed E-state index contributed by atoms with van der Waals surface area (Å²) >= 11 is 6.01. The number of hydrogen-bond acceptors (Lipinski definition) is 6. The molecule has 0 bridgehead atoms. The first-order chi connectivity index (χ1) is 18.7. The van der Waals surface area contributed by atoms with Crippen LogP contribution in [-0.2, 0) is 19.3 Å². The van der Waals surface area contributed by atoms with Gasteiger partial charge in [0, 0.05) is 37.0 Å². The normalized spacial score (nSPS) is 26.5. The fourth-order valence-electron chi connectivity index (χ4n) is 6.40. The largest absolute Gasteiger partial charge is 0.490 e. The van der Waals surface area contributed by atoms with Crippen LogP contribution in [0.4, 0.5) is 13.6 Å². The van der Waals surface area contributed by atoms with E-state index in [1.807, 2.05) is 0 Å². The summed E-state index contributed by atoms with van der Waals surface area (Å²) in [5.74, 6) is -2.10. The minimum atomic E-state index is -4.15. The van der Waals surface area contributed by atoms with Crippen LogP contribution in [0, 0.1) is 11.6 Å². The molecule has 2 saturated heterocycles. The zero-order chi connectivity index (χ0) is 27.6. The molecule has 1 aromatic carbocycles. The molecule has 39 heavy (non-hydrogen) atoms. The van der Waals surface area contributed by atoms with E-state index in [9.17, 15) is 17.6 Å². The van der Waals surface area contributed by atoms with Gasteiger partial charge in [-0.1, -0.05) is 30.2 Å². The molecular formula is C28H35ClF2N2O5S. The van der Waals surface area contributed by atoms with Crippen molar-refractivity contribution in [2.24, 2.45) is 0 Å². The lowest BCUT2D eigenvalue weighted by molar-refractivity contribution is 0.0629. The number of sulfone groups is 1. The van der Waals surface area contributed by atoms with Crippen LogP contribution in [-0.4, -0.2) is 75.0 Å². The predicted molar refractivity (Wildman–Crippen MR) is 145 cm³/mol. The van der Waals surface area contributed by atoms with Crippen LogP contribution in [0.1, 0.15) is 56.9 Å². The van der Waals surface area contributed by atoms with E-state index < -0.39 is 43.3 Å². The maximum absolute atomic E-state index is 15.3. The first-order valence-corrected chi connectivity index (χ1v) is 15.7. The maximum atomic E-state index is 15.3. The molecule has 3 aliphatic heterocycles. The first kappa shape index (κ1) is 28.4. The first-order valence-electron chi connectivity index (χ1n) is 13.8. The number of carbonyl (C=O) groups excluding carboxylic acids is 1. The zero-order valence-electron chi connectivity index (χ0n) is 21.9. The molecule has 214 valence electrons. The smallest absolute Gasteiger partial charge is 0.409 e. The number of carbonyl (C=O) groups is 1. The molecule has 5 rings (SSSR count). The standard InChI is InChI=1S/C28H35ClF2N2O5S/c29-20-4-6-22(7-5-20)39(35,36)28(12-18-37-26-24(31)9-8-23(30)25(26)28)13-19-38-27(34)33-16-10-21(11-17-33)32-14-2-1-3-15-32/h4-6,8-9,21-22H,1-3,7,10-19H2. The molecule has 2 atom stereocenters. The van der Waals surface area contributed by atoms with Crippen LogP contribution in [0.15, 0.2) is 35.4 Å². The molecular weight excluding hydrogens is 550 g/mol. The Morgan fingerprint density at radius 1 is 1.10 bits per heavy atom. The summed E-state index contributed by atoms with van der Waals surface area (Å²) in [5.41, 5.74) is -0.332. The number of piperidine rings is 2. The summed E-state index contributed by atoms with van der Waals surface area (Å²) < 4.78 is 67.4. The third kappa shape index (κ3) is 5.57. The molecule has 0 aromatic heterocycles. The van der Waals surface area contributed by atoms with Crippen LogP contribution in [0.25, 0.3) is 0 Å². The highest BCUT2D eigenvalue weighted by atomic mass is 35.5. The lowest BCUT2D eigenvalue weighted by atomic mass is 9.88. The molecule has 0 radical (unpaired) electrons. The van der Waals surface area contributed by atoms with Gasteiger partial charge in [-0.2, -0.15) is 0 Å². The van der Waals surface area contributed by atoms with Gasteiger partial charge in [0.25, 0.3) is 0 Å². The summed E-state index contributed by atoms with van der Waals surface area (Å²) in [7, 11) is -4.15.